The molecule has 2 aromatic heterocycles. The lowest BCUT2D eigenvalue weighted by Gasteiger charge is -2.06. The predicted octanol–water partition coefficient (Wildman–Crippen LogP) is 1.21. The first kappa shape index (κ1) is 10.7. The Hall–Kier alpha value is -1.39. The van der Waals surface area contributed by atoms with Crippen LogP contribution in [0, 0.1) is 0 Å². The van der Waals surface area contributed by atoms with E-state index in [0.717, 1.165) is 17.8 Å². The molecular weight excluding hydrogens is 212 g/mol. The Morgan fingerprint density at radius 2 is 2.29 bits per heavy atom. The van der Waals surface area contributed by atoms with Gasteiger partial charge in [-0.05, 0) is 31.6 Å². The molecule has 0 aliphatic carbocycles. The van der Waals surface area contributed by atoms with E-state index in [4.69, 9.17) is 10.7 Å². The quantitative estimate of drug-likeness (QED) is 0.843. The maximum absolute atomic E-state index is 5.65. The number of hydrogen-bond acceptors (Lipinski definition) is 3. The van der Waals surface area contributed by atoms with Crippen molar-refractivity contribution in [2.24, 2.45) is 5.73 Å². The molecule has 0 bridgehead atoms. The van der Waals surface area contributed by atoms with Gasteiger partial charge in [0.05, 0.1) is 5.69 Å². The van der Waals surface area contributed by atoms with Gasteiger partial charge >= 0.3 is 0 Å². The third-order valence-electron chi connectivity index (χ3n) is 3.58. The summed E-state index contributed by atoms with van der Waals surface area (Å²) >= 11 is 0. The van der Waals surface area contributed by atoms with Gasteiger partial charge in [-0.1, -0.05) is 6.07 Å². The fourth-order valence-corrected chi connectivity index (χ4v) is 2.55. The van der Waals surface area contributed by atoms with E-state index < -0.39 is 0 Å². The van der Waals surface area contributed by atoms with Crippen LogP contribution >= 0.6 is 0 Å². The second-order valence-corrected chi connectivity index (χ2v) is 4.92. The lowest BCUT2D eigenvalue weighted by atomic mass is 10.1. The minimum absolute atomic E-state index is 0.579. The van der Waals surface area contributed by atoms with Crippen molar-refractivity contribution in [3.63, 3.8) is 0 Å². The van der Waals surface area contributed by atoms with Crippen LogP contribution in [0.4, 0.5) is 0 Å². The molecule has 0 aromatic carbocycles. The number of hydrogen-bond donors (Lipinski definition) is 1. The third kappa shape index (κ3) is 1.94. The van der Waals surface area contributed by atoms with Crippen molar-refractivity contribution in [2.45, 2.75) is 18.9 Å². The molecule has 1 fully saturated rings. The molecule has 90 valence electrons. The summed E-state index contributed by atoms with van der Waals surface area (Å²) in [6.07, 6.45) is 5.44. The molecule has 0 spiro atoms. The fourth-order valence-electron chi connectivity index (χ4n) is 2.55. The molecule has 4 nitrogen and oxygen atoms in total. The minimum Gasteiger partial charge on any atom is -0.326 e. The van der Waals surface area contributed by atoms with Gasteiger partial charge in [0.1, 0.15) is 5.65 Å². The van der Waals surface area contributed by atoms with Gasteiger partial charge in [-0.3, -0.25) is 0 Å². The van der Waals surface area contributed by atoms with Crippen LogP contribution in [0.3, 0.4) is 0 Å². The van der Waals surface area contributed by atoms with E-state index in [-0.39, 0.29) is 0 Å². The molecule has 0 saturated carbocycles. The molecule has 2 aromatic rings. The standard InChI is InChI=1S/C13H18N4/c1-16-5-4-11(8-16)12-9-17-7-10(6-14)2-3-13(17)15-12/h2-3,7,9,11H,4-6,8,14H2,1H3. The highest BCUT2D eigenvalue weighted by molar-refractivity contribution is 5.42. The average Bonchev–Trinajstić information content (AvgIpc) is 2.93. The van der Waals surface area contributed by atoms with Crippen molar-refractivity contribution < 1.29 is 0 Å². The number of rotatable bonds is 2. The summed E-state index contributed by atoms with van der Waals surface area (Å²) in [7, 11) is 2.17. The number of nitrogens with two attached hydrogens (primary N) is 1. The zero-order valence-corrected chi connectivity index (χ0v) is 10.1. The second kappa shape index (κ2) is 4.13. The van der Waals surface area contributed by atoms with Gasteiger partial charge in [0.15, 0.2) is 0 Å². The normalized spacial score (nSPS) is 21.4. The van der Waals surface area contributed by atoms with Gasteiger partial charge in [-0.15, -0.1) is 0 Å². The Kier molecular flexibility index (Phi) is 2.61. The summed E-state index contributed by atoms with van der Waals surface area (Å²) in [5, 5.41) is 0. The molecule has 3 heterocycles. The number of nitrogens with zero attached hydrogens (tertiary/aromatic N) is 3. The number of likely N-dealkylation sites (tertiary alicyclic amines) is 1. The Bertz CT molecular complexity index is 531. The number of fused-ring (bicyclic) bond motifs is 1. The maximum atomic E-state index is 5.65. The van der Waals surface area contributed by atoms with E-state index in [1.165, 1.54) is 18.7 Å². The molecule has 1 aliphatic rings. The van der Waals surface area contributed by atoms with Crippen LogP contribution < -0.4 is 5.73 Å². The van der Waals surface area contributed by atoms with Crippen LogP contribution in [0.15, 0.2) is 24.5 Å². The molecule has 3 rings (SSSR count). The second-order valence-electron chi connectivity index (χ2n) is 4.92. The van der Waals surface area contributed by atoms with Crippen LogP contribution in [0.1, 0.15) is 23.6 Å². The highest BCUT2D eigenvalue weighted by atomic mass is 15.1. The van der Waals surface area contributed by atoms with Gasteiger partial charge in [0.25, 0.3) is 0 Å². The number of pyridine rings is 1. The molecule has 1 saturated heterocycles. The van der Waals surface area contributed by atoms with Crippen molar-refractivity contribution in [1.29, 1.82) is 0 Å². The summed E-state index contributed by atoms with van der Waals surface area (Å²) in [4.78, 5) is 7.06. The number of aromatic nitrogens is 2. The van der Waals surface area contributed by atoms with Crippen molar-refractivity contribution in [3.05, 3.63) is 35.8 Å². The van der Waals surface area contributed by atoms with Gasteiger partial charge in [0, 0.05) is 31.4 Å². The zero-order chi connectivity index (χ0) is 11.8. The third-order valence-corrected chi connectivity index (χ3v) is 3.58. The van der Waals surface area contributed by atoms with Gasteiger partial charge in [-0.2, -0.15) is 0 Å². The molecule has 2 N–H and O–H groups in total. The Labute approximate surface area is 101 Å². The molecule has 4 heteroatoms. The van der Waals surface area contributed by atoms with E-state index in [0.29, 0.717) is 12.5 Å². The van der Waals surface area contributed by atoms with Crippen molar-refractivity contribution in [3.8, 4) is 0 Å². The summed E-state index contributed by atoms with van der Waals surface area (Å²) in [5.74, 6) is 0.584. The van der Waals surface area contributed by atoms with Crippen molar-refractivity contribution in [2.75, 3.05) is 20.1 Å². The highest BCUT2D eigenvalue weighted by Gasteiger charge is 2.23. The maximum Gasteiger partial charge on any atom is 0.137 e. The number of likely N-dealkylation sites (N-methyl/N-ethyl adjacent to an activating group) is 1. The lowest BCUT2D eigenvalue weighted by molar-refractivity contribution is 0.411. The Morgan fingerprint density at radius 3 is 3.00 bits per heavy atom. The first-order valence-corrected chi connectivity index (χ1v) is 6.12. The largest absolute Gasteiger partial charge is 0.326 e. The monoisotopic (exact) mass is 230 g/mol. The zero-order valence-electron chi connectivity index (χ0n) is 10.1. The molecule has 1 atom stereocenters. The van der Waals surface area contributed by atoms with E-state index in [1.807, 2.05) is 12.1 Å². The van der Waals surface area contributed by atoms with Crippen LogP contribution in [0.2, 0.25) is 0 Å². The van der Waals surface area contributed by atoms with E-state index in [9.17, 15) is 0 Å². The van der Waals surface area contributed by atoms with E-state index in [1.54, 1.807) is 0 Å². The molecule has 0 radical (unpaired) electrons. The summed E-state index contributed by atoms with van der Waals surface area (Å²) in [6.45, 7) is 2.87. The van der Waals surface area contributed by atoms with Gasteiger partial charge in [-0.25, -0.2) is 4.98 Å². The first-order chi connectivity index (χ1) is 8.26. The van der Waals surface area contributed by atoms with E-state index in [2.05, 4.69) is 28.7 Å². The van der Waals surface area contributed by atoms with E-state index >= 15 is 0 Å². The molecule has 1 aliphatic heterocycles. The highest BCUT2D eigenvalue weighted by Crippen LogP contribution is 2.25. The fraction of sp³-hybridized carbons (Fsp3) is 0.462. The molecule has 1 unspecified atom stereocenters. The Morgan fingerprint density at radius 1 is 1.41 bits per heavy atom. The van der Waals surface area contributed by atoms with Gasteiger partial charge < -0.3 is 15.0 Å². The topological polar surface area (TPSA) is 46.6 Å². The van der Waals surface area contributed by atoms with Crippen molar-refractivity contribution >= 4 is 5.65 Å². The molecule has 17 heavy (non-hydrogen) atoms. The summed E-state index contributed by atoms with van der Waals surface area (Å²) in [6, 6.07) is 4.09. The molecular formula is C13H18N4. The summed E-state index contributed by atoms with van der Waals surface area (Å²) in [5.41, 5.74) is 9.02. The van der Waals surface area contributed by atoms with Gasteiger partial charge in [0.2, 0.25) is 0 Å². The lowest BCUT2D eigenvalue weighted by Crippen LogP contribution is -2.13. The van der Waals surface area contributed by atoms with Crippen LogP contribution in [0.5, 0.6) is 0 Å². The SMILES string of the molecule is CN1CCC(c2cn3cc(CN)ccc3n2)C1. The minimum atomic E-state index is 0.579. The smallest absolute Gasteiger partial charge is 0.137 e. The summed E-state index contributed by atoms with van der Waals surface area (Å²) < 4.78 is 2.09. The molecule has 0 amide bonds. The van der Waals surface area contributed by atoms with Crippen LogP contribution in [-0.2, 0) is 6.54 Å². The average molecular weight is 230 g/mol. The number of imidazole rings is 1. The van der Waals surface area contributed by atoms with Crippen LogP contribution in [0.25, 0.3) is 5.65 Å². The van der Waals surface area contributed by atoms with Crippen molar-refractivity contribution in [1.82, 2.24) is 14.3 Å². The van der Waals surface area contributed by atoms with Crippen LogP contribution in [-0.4, -0.2) is 34.4 Å². The first-order valence-electron chi connectivity index (χ1n) is 6.12. The Balaban J connectivity index is 1.96. The predicted molar refractivity (Wildman–Crippen MR) is 67.9 cm³/mol.